The van der Waals surface area contributed by atoms with Crippen molar-refractivity contribution in [1.82, 2.24) is 14.8 Å². The molecule has 0 atom stereocenters. The van der Waals surface area contributed by atoms with Crippen molar-refractivity contribution in [1.29, 1.82) is 0 Å². The van der Waals surface area contributed by atoms with Crippen molar-refractivity contribution in [3.63, 3.8) is 0 Å². The zero-order chi connectivity index (χ0) is 29.9. The van der Waals surface area contributed by atoms with Crippen molar-refractivity contribution in [2.75, 3.05) is 59.6 Å². The lowest BCUT2D eigenvalue weighted by molar-refractivity contribution is -0.118. The minimum Gasteiger partial charge on any atom is -0.494 e. The van der Waals surface area contributed by atoms with E-state index in [-0.39, 0.29) is 18.0 Å². The molecule has 1 aliphatic rings. The number of piperazine rings is 1. The van der Waals surface area contributed by atoms with E-state index in [0.29, 0.717) is 50.0 Å². The molecule has 0 unspecified atom stereocenters. The van der Waals surface area contributed by atoms with E-state index in [1.807, 2.05) is 57.2 Å². The highest BCUT2D eigenvalue weighted by molar-refractivity contribution is 5.81. The molecule has 2 heterocycles. The second-order valence-corrected chi connectivity index (χ2v) is 11.3. The summed E-state index contributed by atoms with van der Waals surface area (Å²) in [7, 11) is 2.15. The van der Waals surface area contributed by atoms with E-state index in [1.165, 1.54) is 12.1 Å². The summed E-state index contributed by atoms with van der Waals surface area (Å²) in [6, 6.07) is 14.4. The zero-order valence-electron chi connectivity index (χ0n) is 25.4. The summed E-state index contributed by atoms with van der Waals surface area (Å²) >= 11 is 0. The number of rotatable bonds is 15. The summed E-state index contributed by atoms with van der Waals surface area (Å²) < 4.78 is 31.7. The lowest BCUT2D eigenvalue weighted by Crippen LogP contribution is -2.45. The molecule has 7 nitrogen and oxygen atoms in total. The van der Waals surface area contributed by atoms with Gasteiger partial charge in [0.25, 0.3) is 0 Å². The van der Waals surface area contributed by atoms with Crippen LogP contribution in [0.25, 0.3) is 11.1 Å². The Kier molecular flexibility index (Phi) is 11.7. The Labute approximate surface area is 249 Å². The van der Waals surface area contributed by atoms with Gasteiger partial charge in [-0.2, -0.15) is 0 Å². The highest BCUT2D eigenvalue weighted by Gasteiger charge is 2.15. The molecule has 1 fully saturated rings. The van der Waals surface area contributed by atoms with Crippen molar-refractivity contribution in [2.45, 2.75) is 40.0 Å². The summed E-state index contributed by atoms with van der Waals surface area (Å²) in [6.07, 6.45) is 2.77. The van der Waals surface area contributed by atoms with E-state index < -0.39 is 0 Å². The topological polar surface area (TPSA) is 64.1 Å². The number of hydrogen-bond acceptors (Lipinski definition) is 7. The Morgan fingerprint density at radius 2 is 1.79 bits per heavy atom. The summed E-state index contributed by atoms with van der Waals surface area (Å²) in [5.41, 5.74) is 3.30. The molecule has 3 aromatic rings. The third-order valence-electron chi connectivity index (χ3n) is 7.25. The maximum atomic E-state index is 14.1. The van der Waals surface area contributed by atoms with Gasteiger partial charge in [-0.1, -0.05) is 19.9 Å². The van der Waals surface area contributed by atoms with Crippen LogP contribution >= 0.6 is 0 Å². The predicted molar refractivity (Wildman–Crippen MR) is 164 cm³/mol. The van der Waals surface area contributed by atoms with Gasteiger partial charge in [0.1, 0.15) is 35.5 Å². The first kappa shape index (κ1) is 31.4. The molecule has 0 spiro atoms. The van der Waals surface area contributed by atoms with Gasteiger partial charge in [0.05, 0.1) is 13.2 Å². The Morgan fingerprint density at radius 3 is 2.50 bits per heavy atom. The van der Waals surface area contributed by atoms with Gasteiger partial charge in [-0.25, -0.2) is 4.39 Å². The molecule has 4 rings (SSSR count). The van der Waals surface area contributed by atoms with Crippen molar-refractivity contribution in [2.24, 2.45) is 5.92 Å². The van der Waals surface area contributed by atoms with Gasteiger partial charge in [0, 0.05) is 80.7 Å². The molecule has 0 radical (unpaired) electrons. The fourth-order valence-corrected chi connectivity index (χ4v) is 4.85. The van der Waals surface area contributed by atoms with Crippen LogP contribution in [0.15, 0.2) is 54.7 Å². The van der Waals surface area contributed by atoms with Crippen molar-refractivity contribution < 1.29 is 23.4 Å². The van der Waals surface area contributed by atoms with Gasteiger partial charge in [-0.3, -0.25) is 14.7 Å². The lowest BCUT2D eigenvalue weighted by atomic mass is 10.0. The maximum absolute atomic E-state index is 14.1. The second kappa shape index (κ2) is 15.7. The fraction of sp³-hybridized carbons (Fsp3) is 0.471. The van der Waals surface area contributed by atoms with Gasteiger partial charge in [-0.05, 0) is 62.2 Å². The number of ether oxygens (including phenoxy) is 3. The lowest BCUT2D eigenvalue weighted by Gasteiger charge is -2.32. The fourth-order valence-electron chi connectivity index (χ4n) is 4.85. The number of Topliss-reactive ketones (excluding diaryl/α,β-unsaturated/α-hetero) is 1. The van der Waals surface area contributed by atoms with E-state index in [4.69, 9.17) is 14.2 Å². The van der Waals surface area contributed by atoms with E-state index in [2.05, 4.69) is 21.8 Å². The van der Waals surface area contributed by atoms with Gasteiger partial charge < -0.3 is 19.1 Å². The first-order valence-electron chi connectivity index (χ1n) is 15.0. The molecule has 8 heteroatoms. The summed E-state index contributed by atoms with van der Waals surface area (Å²) in [6.45, 7) is 12.8. The van der Waals surface area contributed by atoms with Crippen molar-refractivity contribution >= 4 is 5.78 Å². The second-order valence-electron chi connectivity index (χ2n) is 11.3. The number of pyridine rings is 1. The number of carbonyl (C=O) groups excluding carboxylic acids is 1. The number of hydrogen-bond donors (Lipinski definition) is 0. The number of aromatic nitrogens is 1. The molecule has 1 aromatic heterocycles. The van der Waals surface area contributed by atoms with Crippen LogP contribution in [-0.4, -0.2) is 80.2 Å². The van der Waals surface area contributed by atoms with E-state index >= 15 is 0 Å². The van der Waals surface area contributed by atoms with Crippen molar-refractivity contribution in [3.05, 3.63) is 71.8 Å². The normalized spacial score (nSPS) is 14.2. The Morgan fingerprint density at radius 1 is 0.976 bits per heavy atom. The molecule has 0 aliphatic carbocycles. The quantitative estimate of drug-likeness (QED) is 0.230. The van der Waals surface area contributed by atoms with Crippen LogP contribution in [0.5, 0.6) is 17.2 Å². The van der Waals surface area contributed by atoms with Gasteiger partial charge in [0.15, 0.2) is 0 Å². The SMILES string of the molecule is CCOc1ccc(-c2ccc(CC(=O)CCc3cc(F)cc(OCC(C)C)c3)nc2)c(OCCN2CCN(C)CC2)c1. The number of nitrogens with zero attached hydrogens (tertiary/aromatic N) is 3. The van der Waals surface area contributed by atoms with Crippen LogP contribution in [0.2, 0.25) is 0 Å². The number of aryl methyl sites for hydroxylation is 1. The van der Waals surface area contributed by atoms with Crippen LogP contribution in [0, 0.1) is 11.7 Å². The van der Waals surface area contributed by atoms with Crippen LogP contribution in [-0.2, 0) is 17.6 Å². The van der Waals surface area contributed by atoms with Crippen LogP contribution in [0.1, 0.15) is 38.4 Å². The van der Waals surface area contributed by atoms with Gasteiger partial charge in [0.2, 0.25) is 0 Å². The molecule has 0 amide bonds. The molecule has 1 aliphatic heterocycles. The predicted octanol–water partition coefficient (Wildman–Crippen LogP) is 5.69. The molecule has 0 saturated carbocycles. The molecule has 0 bridgehead atoms. The Balaban J connectivity index is 1.35. The van der Waals surface area contributed by atoms with E-state index in [9.17, 15) is 9.18 Å². The Bertz CT molecular complexity index is 1290. The summed E-state index contributed by atoms with van der Waals surface area (Å²) in [5, 5.41) is 0. The van der Waals surface area contributed by atoms with Gasteiger partial charge in [-0.15, -0.1) is 0 Å². The number of carbonyl (C=O) groups is 1. The number of ketones is 1. The largest absolute Gasteiger partial charge is 0.494 e. The molecular weight excluding hydrogens is 533 g/mol. The average molecular weight is 578 g/mol. The molecule has 226 valence electrons. The summed E-state index contributed by atoms with van der Waals surface area (Å²) in [4.78, 5) is 22.1. The van der Waals surface area contributed by atoms with Crippen LogP contribution < -0.4 is 14.2 Å². The minimum absolute atomic E-state index is 0.0538. The monoisotopic (exact) mass is 577 g/mol. The molecule has 2 aromatic carbocycles. The molecular formula is C34H44FN3O4. The smallest absolute Gasteiger partial charge is 0.139 e. The zero-order valence-corrected chi connectivity index (χ0v) is 25.4. The number of benzene rings is 2. The molecule has 1 saturated heterocycles. The Hall–Kier alpha value is -3.49. The average Bonchev–Trinajstić information content (AvgIpc) is 2.97. The first-order chi connectivity index (χ1) is 20.3. The van der Waals surface area contributed by atoms with Crippen molar-refractivity contribution in [3.8, 4) is 28.4 Å². The number of halogens is 1. The standard InChI is InChI=1S/C34H44FN3O4/c1-5-40-31-10-11-33(34(22-31)41-17-16-38-14-12-37(4)13-15-38)27-7-8-29(36-23-27)21-30(39)9-6-26-18-28(35)20-32(19-26)42-24-25(2)3/h7-8,10-11,18-20,22-23,25H,5-6,9,12-17,21,24H2,1-4H3. The summed E-state index contributed by atoms with van der Waals surface area (Å²) in [5.74, 6) is 2.07. The first-order valence-corrected chi connectivity index (χ1v) is 15.0. The van der Waals surface area contributed by atoms with Crippen LogP contribution in [0.4, 0.5) is 4.39 Å². The minimum atomic E-state index is -0.354. The number of likely N-dealkylation sites (N-methyl/N-ethyl adjacent to an activating group) is 1. The third-order valence-corrected chi connectivity index (χ3v) is 7.25. The van der Waals surface area contributed by atoms with Gasteiger partial charge >= 0.3 is 0 Å². The highest BCUT2D eigenvalue weighted by Crippen LogP contribution is 2.33. The molecule has 42 heavy (non-hydrogen) atoms. The third kappa shape index (κ3) is 9.81. The molecule has 0 N–H and O–H groups in total. The maximum Gasteiger partial charge on any atom is 0.139 e. The van der Waals surface area contributed by atoms with Crippen LogP contribution in [0.3, 0.4) is 0 Å². The highest BCUT2D eigenvalue weighted by atomic mass is 19.1. The van der Waals surface area contributed by atoms with E-state index in [1.54, 1.807) is 6.20 Å². The van der Waals surface area contributed by atoms with E-state index in [0.717, 1.165) is 60.9 Å².